The highest BCUT2D eigenvalue weighted by Crippen LogP contribution is 2.65. The van der Waals surface area contributed by atoms with Crippen LogP contribution in [0.3, 0.4) is 0 Å². The minimum absolute atomic E-state index is 0.235. The minimum Gasteiger partial charge on any atom is -0.465 e. The molecule has 46 heavy (non-hydrogen) atoms. The van der Waals surface area contributed by atoms with Gasteiger partial charge < -0.3 is 29.1 Å². The summed E-state index contributed by atoms with van der Waals surface area (Å²) in [6.07, 6.45) is 7.85. The van der Waals surface area contributed by atoms with Crippen LogP contribution in [0.4, 0.5) is 0 Å². The zero-order chi connectivity index (χ0) is 32.7. The van der Waals surface area contributed by atoms with Gasteiger partial charge in [0, 0.05) is 32.7 Å². The van der Waals surface area contributed by atoms with Gasteiger partial charge in [0.25, 0.3) is 0 Å². The number of carbonyl (C=O) groups is 3. The van der Waals surface area contributed by atoms with Crippen LogP contribution in [0.15, 0.2) is 55.6 Å². The number of likely N-dealkylation sites (tertiary alicyclic amines) is 1. The standard InChI is InChI=1S/C36H51N3O7/c1-4-7-8-12-22-45-34(43)30-29-32(41)39(28(26-40)25-27-13-10-9-11-14-27)31(36(29)16-15-35(30,6-3)46-36)33(42)38(17-5-2)19-18-37-20-23-44-24-21-37/h4-5,9-11,13-14,28-31,40H,1-2,6-8,12,15-26H2,3H3/t28-,29+,30-,31?,35+,36?/m1/s1. The topological polar surface area (TPSA) is 109 Å². The molecular weight excluding hydrogens is 586 g/mol. The van der Waals surface area contributed by atoms with E-state index in [1.165, 1.54) is 0 Å². The lowest BCUT2D eigenvalue weighted by atomic mass is 9.65. The Morgan fingerprint density at radius 1 is 1.15 bits per heavy atom. The van der Waals surface area contributed by atoms with Crippen LogP contribution < -0.4 is 0 Å². The summed E-state index contributed by atoms with van der Waals surface area (Å²) >= 11 is 0. The molecule has 252 valence electrons. The summed E-state index contributed by atoms with van der Waals surface area (Å²) in [5, 5.41) is 10.8. The molecule has 6 atom stereocenters. The van der Waals surface area contributed by atoms with E-state index in [-0.39, 0.29) is 25.0 Å². The maximum Gasteiger partial charge on any atom is 0.312 e. The molecule has 0 saturated carbocycles. The summed E-state index contributed by atoms with van der Waals surface area (Å²) in [6.45, 7) is 13.9. The second kappa shape index (κ2) is 15.2. The molecule has 1 aromatic carbocycles. The molecule has 2 amide bonds. The summed E-state index contributed by atoms with van der Waals surface area (Å²) in [5.41, 5.74) is -1.14. The molecule has 4 heterocycles. The molecule has 1 aromatic rings. The van der Waals surface area contributed by atoms with E-state index < -0.39 is 41.1 Å². The number of nitrogens with zero attached hydrogens (tertiary/aromatic N) is 3. The van der Waals surface area contributed by atoms with Gasteiger partial charge in [0.2, 0.25) is 11.8 Å². The van der Waals surface area contributed by atoms with Gasteiger partial charge in [-0.25, -0.2) is 0 Å². The average Bonchev–Trinajstić information content (AvgIpc) is 3.69. The molecule has 2 bridgehead atoms. The van der Waals surface area contributed by atoms with Crippen LogP contribution in [0.5, 0.6) is 0 Å². The number of ether oxygens (including phenoxy) is 3. The number of allylic oxidation sites excluding steroid dienone is 1. The Kier molecular flexibility index (Phi) is 11.4. The summed E-state index contributed by atoms with van der Waals surface area (Å²) in [4.78, 5) is 49.1. The van der Waals surface area contributed by atoms with Crippen LogP contribution in [-0.2, 0) is 35.0 Å². The van der Waals surface area contributed by atoms with Crippen molar-refractivity contribution in [2.75, 3.05) is 59.2 Å². The van der Waals surface area contributed by atoms with E-state index in [2.05, 4.69) is 18.1 Å². The summed E-state index contributed by atoms with van der Waals surface area (Å²) < 4.78 is 18.3. The van der Waals surface area contributed by atoms with Crippen LogP contribution >= 0.6 is 0 Å². The van der Waals surface area contributed by atoms with Gasteiger partial charge >= 0.3 is 5.97 Å². The lowest BCUT2D eigenvalue weighted by Gasteiger charge is -2.40. The smallest absolute Gasteiger partial charge is 0.312 e. The average molecular weight is 638 g/mol. The first-order chi connectivity index (χ1) is 22.4. The molecule has 1 N–H and O–H groups in total. The third-order valence-corrected chi connectivity index (χ3v) is 10.5. The Bertz CT molecular complexity index is 1240. The van der Waals surface area contributed by atoms with Crippen molar-refractivity contribution in [1.82, 2.24) is 14.7 Å². The molecule has 4 fully saturated rings. The maximum atomic E-state index is 14.9. The molecule has 0 aromatic heterocycles. The Labute approximate surface area is 273 Å². The number of esters is 1. The number of amides is 2. The van der Waals surface area contributed by atoms with Gasteiger partial charge in [0.05, 0.1) is 44.0 Å². The Morgan fingerprint density at radius 2 is 1.91 bits per heavy atom. The first-order valence-corrected chi connectivity index (χ1v) is 17.0. The van der Waals surface area contributed by atoms with Gasteiger partial charge in [-0.1, -0.05) is 49.4 Å². The van der Waals surface area contributed by atoms with Crippen molar-refractivity contribution in [2.24, 2.45) is 11.8 Å². The molecule has 0 radical (unpaired) electrons. The molecule has 10 heteroatoms. The Hall–Kier alpha value is -3.05. The summed E-state index contributed by atoms with van der Waals surface area (Å²) in [5.74, 6) is -2.68. The van der Waals surface area contributed by atoms with Crippen LogP contribution in [0.1, 0.15) is 51.0 Å². The number of aliphatic hydroxyl groups is 1. The fourth-order valence-electron chi connectivity index (χ4n) is 8.18. The third kappa shape index (κ3) is 6.54. The van der Waals surface area contributed by atoms with E-state index in [1.54, 1.807) is 15.9 Å². The number of rotatable bonds is 17. The van der Waals surface area contributed by atoms with Gasteiger partial charge in [-0.05, 0) is 50.5 Å². The lowest BCUT2D eigenvalue weighted by Crippen LogP contribution is -2.60. The molecule has 5 rings (SSSR count). The van der Waals surface area contributed by atoms with E-state index in [4.69, 9.17) is 14.2 Å². The fraction of sp³-hybridized carbons (Fsp3) is 0.639. The SMILES string of the molecule is C=CCCCCOC(=O)[C@H]1[C@H]2C(=O)N([C@@H](CO)Cc3ccccc3)C(C(=O)N(CC=C)CCN3CCOCC3)C23CC[C@]1(CC)O3. The molecular formula is C36H51N3O7. The Balaban J connectivity index is 1.49. The number of morpholine rings is 1. The highest BCUT2D eigenvalue weighted by Gasteiger charge is 2.79. The van der Waals surface area contributed by atoms with Crippen LogP contribution in [0, 0.1) is 11.8 Å². The number of hydrogen-bond acceptors (Lipinski definition) is 8. The highest BCUT2D eigenvalue weighted by atomic mass is 16.6. The number of benzene rings is 1. The molecule has 0 aliphatic carbocycles. The summed E-state index contributed by atoms with van der Waals surface area (Å²) in [6, 6.07) is 7.98. The predicted octanol–water partition coefficient (Wildman–Crippen LogP) is 2.99. The number of fused-ring (bicyclic) bond motifs is 1. The lowest BCUT2D eigenvalue weighted by molar-refractivity contribution is -0.163. The molecule has 4 aliphatic heterocycles. The predicted molar refractivity (Wildman–Crippen MR) is 174 cm³/mol. The van der Waals surface area contributed by atoms with Crippen molar-refractivity contribution < 1.29 is 33.7 Å². The first-order valence-electron chi connectivity index (χ1n) is 17.0. The quantitative estimate of drug-likeness (QED) is 0.158. The van der Waals surface area contributed by atoms with E-state index >= 15 is 0 Å². The molecule has 1 spiro atoms. The van der Waals surface area contributed by atoms with E-state index in [0.29, 0.717) is 65.0 Å². The van der Waals surface area contributed by atoms with Crippen molar-refractivity contribution in [3.05, 3.63) is 61.2 Å². The van der Waals surface area contributed by atoms with Crippen molar-refractivity contribution in [3.63, 3.8) is 0 Å². The molecule has 4 saturated heterocycles. The third-order valence-electron chi connectivity index (χ3n) is 10.5. The van der Waals surface area contributed by atoms with Gasteiger partial charge in [-0.2, -0.15) is 0 Å². The van der Waals surface area contributed by atoms with Crippen LogP contribution in [0.25, 0.3) is 0 Å². The van der Waals surface area contributed by atoms with E-state index in [9.17, 15) is 19.5 Å². The van der Waals surface area contributed by atoms with E-state index in [1.807, 2.05) is 43.3 Å². The van der Waals surface area contributed by atoms with Crippen molar-refractivity contribution in [3.8, 4) is 0 Å². The highest BCUT2D eigenvalue weighted by molar-refractivity contribution is 5.98. The largest absolute Gasteiger partial charge is 0.465 e. The fourth-order valence-corrected chi connectivity index (χ4v) is 8.18. The van der Waals surface area contributed by atoms with Gasteiger partial charge in [-0.15, -0.1) is 13.2 Å². The molecule has 10 nitrogen and oxygen atoms in total. The normalized spacial score (nSPS) is 29.4. The number of carbonyl (C=O) groups excluding carboxylic acids is 3. The second-order valence-corrected chi connectivity index (χ2v) is 13.1. The second-order valence-electron chi connectivity index (χ2n) is 13.1. The van der Waals surface area contributed by atoms with Gasteiger partial charge in [0.1, 0.15) is 17.6 Å². The zero-order valence-corrected chi connectivity index (χ0v) is 27.3. The van der Waals surface area contributed by atoms with Crippen LogP contribution in [-0.4, -0.2) is 120 Å². The van der Waals surface area contributed by atoms with E-state index in [0.717, 1.165) is 31.5 Å². The van der Waals surface area contributed by atoms with Crippen LogP contribution in [0.2, 0.25) is 0 Å². The van der Waals surface area contributed by atoms with Crippen molar-refractivity contribution >= 4 is 17.8 Å². The van der Waals surface area contributed by atoms with Gasteiger partial charge in [0.15, 0.2) is 0 Å². The monoisotopic (exact) mass is 637 g/mol. The first kappa shape index (κ1) is 34.3. The maximum absolute atomic E-state index is 14.9. The van der Waals surface area contributed by atoms with Crippen molar-refractivity contribution in [2.45, 2.75) is 75.2 Å². The molecule has 2 unspecified atom stereocenters. The Morgan fingerprint density at radius 3 is 2.59 bits per heavy atom. The van der Waals surface area contributed by atoms with Crippen molar-refractivity contribution in [1.29, 1.82) is 0 Å². The molecule has 4 aliphatic rings. The number of aliphatic hydroxyl groups excluding tert-OH is 1. The minimum atomic E-state index is -1.20. The van der Waals surface area contributed by atoms with Gasteiger partial charge in [-0.3, -0.25) is 19.3 Å². The zero-order valence-electron chi connectivity index (χ0n) is 27.3. The number of unbranched alkanes of at least 4 members (excludes halogenated alkanes) is 2. The summed E-state index contributed by atoms with van der Waals surface area (Å²) in [7, 11) is 0. The number of hydrogen-bond donors (Lipinski definition) is 1.